The van der Waals surface area contributed by atoms with Gasteiger partial charge in [0, 0.05) is 20.9 Å². The molecule has 1 nitrogen and oxygen atoms in total. The van der Waals surface area contributed by atoms with E-state index in [4.69, 9.17) is 8.22 Å². The lowest BCUT2D eigenvalue weighted by molar-refractivity contribution is 1.26. The molecule has 8 heavy (non-hydrogen) atoms. The van der Waals surface area contributed by atoms with Gasteiger partial charge in [-0.2, -0.15) is 0 Å². The van der Waals surface area contributed by atoms with Crippen LogP contribution in [0, 0.1) is 6.85 Å². The monoisotopic (exact) mass is 177 g/mol. The van der Waals surface area contributed by atoms with E-state index in [9.17, 15) is 0 Å². The highest BCUT2D eigenvalue weighted by Gasteiger charge is 1.87. The zero-order chi connectivity index (χ0) is 11.1. The van der Waals surface area contributed by atoms with Crippen LogP contribution in [0.3, 0.4) is 0 Å². The minimum Gasteiger partial charge on any atom is -0.264 e. The van der Waals surface area contributed by atoms with E-state index in [-0.39, 0.29) is 16.2 Å². The Kier molecular flexibility index (Phi) is 0.511. The van der Waals surface area contributed by atoms with Crippen molar-refractivity contribution in [3.05, 3.63) is 28.4 Å². The lowest BCUT2D eigenvalue weighted by Crippen LogP contribution is -1.74. The summed E-state index contributed by atoms with van der Waals surface area (Å²) in [5, 5.41) is 0. The Hall–Kier alpha value is -0.370. The van der Waals surface area contributed by atoms with Crippen molar-refractivity contribution in [3.8, 4) is 0 Å². The van der Waals surface area contributed by atoms with Crippen LogP contribution < -0.4 is 0 Å². The van der Waals surface area contributed by atoms with Crippen molar-refractivity contribution in [2.24, 2.45) is 0 Å². The van der Waals surface area contributed by atoms with Gasteiger partial charge >= 0.3 is 0 Å². The first-order valence-corrected chi connectivity index (χ1v) is 2.68. The van der Waals surface area contributed by atoms with Gasteiger partial charge < -0.3 is 0 Å². The number of hydrogen-bond donors (Lipinski definition) is 0. The van der Waals surface area contributed by atoms with Crippen LogP contribution in [0.25, 0.3) is 0 Å². The van der Waals surface area contributed by atoms with E-state index in [0.29, 0.717) is 0 Å². The number of hydrogen-bond acceptors (Lipinski definition) is 1. The van der Waals surface area contributed by atoms with Crippen LogP contribution >= 0.6 is 15.9 Å². The summed E-state index contributed by atoms with van der Waals surface area (Å²) in [6.45, 7) is -2.51. The average Bonchev–Trinajstić information content (AvgIpc) is 1.98. The summed E-state index contributed by atoms with van der Waals surface area (Å²) in [6, 6.07) is -0.465. The maximum absolute atomic E-state index is 7.37. The molecule has 0 bridgehead atoms. The molecule has 1 aromatic rings. The summed E-state index contributed by atoms with van der Waals surface area (Å²) >= 11 is 2.89. The molecule has 0 spiro atoms. The van der Waals surface area contributed by atoms with Crippen LogP contribution in [0.4, 0.5) is 0 Å². The molecular formula is C6H6BrN. The SMILES string of the molecule is [2H]c1nc([2H])c(Br)c(C([2H])([2H])[2H])c1[2H]. The van der Waals surface area contributed by atoms with Crippen LogP contribution in [-0.2, 0) is 0 Å². The van der Waals surface area contributed by atoms with Crippen molar-refractivity contribution in [1.82, 2.24) is 4.98 Å². The highest BCUT2D eigenvalue weighted by molar-refractivity contribution is 9.10. The van der Waals surface area contributed by atoms with Crippen LogP contribution in [0.15, 0.2) is 22.9 Å². The first kappa shape index (κ1) is 1.81. The normalized spacial score (nSPS) is 21.6. The Morgan fingerprint density at radius 3 is 3.62 bits per heavy atom. The van der Waals surface area contributed by atoms with Crippen molar-refractivity contribution in [2.75, 3.05) is 0 Å². The molecule has 0 aliphatic heterocycles. The predicted octanol–water partition coefficient (Wildman–Crippen LogP) is 2.15. The molecule has 0 N–H and O–H groups in total. The maximum atomic E-state index is 7.37. The summed E-state index contributed by atoms with van der Waals surface area (Å²) in [5.41, 5.74) is -0.331. The first-order chi connectivity index (χ1) is 6.25. The standard InChI is InChI=1S/C6H6BrN/c1-5-2-3-8-4-6(5)7/h2-4H,1H3/i1D3,2D,3D,4D. The Morgan fingerprint density at radius 1 is 2.00 bits per heavy atom. The molecule has 0 amide bonds. The second-order valence-electron chi connectivity index (χ2n) is 1.15. The highest BCUT2D eigenvalue weighted by atomic mass is 79.9. The Labute approximate surface area is 65.3 Å². The number of aromatic nitrogens is 1. The fraction of sp³-hybridized carbons (Fsp3) is 0.167. The highest BCUT2D eigenvalue weighted by Crippen LogP contribution is 2.11. The largest absolute Gasteiger partial charge is 0.264 e. The zero-order valence-electron chi connectivity index (χ0n) is 9.83. The smallest absolute Gasteiger partial charge is 0.0852 e. The molecule has 0 unspecified atom stereocenters. The van der Waals surface area contributed by atoms with E-state index in [1.807, 2.05) is 0 Å². The molecule has 2 heteroatoms. The second kappa shape index (κ2) is 2.27. The van der Waals surface area contributed by atoms with E-state index in [1.165, 1.54) is 0 Å². The van der Waals surface area contributed by atoms with Crippen LogP contribution in [0.2, 0.25) is 0 Å². The molecule has 1 heterocycles. The van der Waals surface area contributed by atoms with Crippen LogP contribution in [0.5, 0.6) is 0 Å². The van der Waals surface area contributed by atoms with E-state index in [0.717, 1.165) is 0 Å². The molecular weight excluding hydrogens is 166 g/mol. The molecule has 0 aliphatic rings. The van der Waals surface area contributed by atoms with E-state index < -0.39 is 19.1 Å². The van der Waals surface area contributed by atoms with E-state index in [2.05, 4.69) is 20.9 Å². The molecule has 0 radical (unpaired) electrons. The van der Waals surface area contributed by atoms with Crippen molar-refractivity contribution in [1.29, 1.82) is 0 Å². The molecule has 0 aliphatic carbocycles. The van der Waals surface area contributed by atoms with Crippen molar-refractivity contribution < 1.29 is 8.22 Å². The van der Waals surface area contributed by atoms with Crippen LogP contribution in [0.1, 0.15) is 13.8 Å². The summed E-state index contributed by atoms with van der Waals surface area (Å²) in [7, 11) is 0. The Bertz CT molecular complexity index is 347. The predicted molar refractivity (Wildman–Crippen MR) is 36.7 cm³/mol. The van der Waals surface area contributed by atoms with Gasteiger partial charge in [-0.25, -0.2) is 0 Å². The van der Waals surface area contributed by atoms with E-state index >= 15 is 0 Å². The number of pyridine rings is 1. The summed E-state index contributed by atoms with van der Waals surface area (Å²) in [6.07, 6.45) is -0.832. The molecule has 0 atom stereocenters. The van der Waals surface area contributed by atoms with Gasteiger partial charge in [0.2, 0.25) is 0 Å². The average molecular weight is 178 g/mol. The lowest BCUT2D eigenvalue weighted by Gasteiger charge is -1.90. The van der Waals surface area contributed by atoms with Gasteiger partial charge in [0.25, 0.3) is 0 Å². The van der Waals surface area contributed by atoms with Gasteiger partial charge in [0.1, 0.15) is 0 Å². The zero-order valence-corrected chi connectivity index (χ0v) is 5.41. The van der Waals surface area contributed by atoms with Gasteiger partial charge in [-0.1, -0.05) is 0 Å². The van der Waals surface area contributed by atoms with Gasteiger partial charge in [0.15, 0.2) is 0 Å². The molecule has 0 saturated carbocycles. The molecule has 1 rings (SSSR count). The fourth-order valence-electron chi connectivity index (χ4n) is 0.272. The topological polar surface area (TPSA) is 12.9 Å². The van der Waals surface area contributed by atoms with Crippen molar-refractivity contribution in [3.63, 3.8) is 0 Å². The Balaban J connectivity index is 3.56. The molecule has 1 aromatic heterocycles. The maximum Gasteiger partial charge on any atom is 0.0852 e. The Morgan fingerprint density at radius 2 is 2.88 bits per heavy atom. The van der Waals surface area contributed by atoms with Crippen molar-refractivity contribution >= 4 is 15.9 Å². The summed E-state index contributed by atoms with van der Waals surface area (Å²) in [5.74, 6) is 0. The first-order valence-electron chi connectivity index (χ1n) is 4.89. The molecule has 0 saturated heterocycles. The third-order valence-electron chi connectivity index (χ3n) is 0.610. The number of halogens is 1. The third kappa shape index (κ3) is 1.07. The molecule has 0 aromatic carbocycles. The fourth-order valence-corrected chi connectivity index (χ4v) is 0.459. The van der Waals surface area contributed by atoms with Gasteiger partial charge in [-0.15, -0.1) is 0 Å². The number of rotatable bonds is 0. The minimum absolute atomic E-state index is 0.0431. The quantitative estimate of drug-likeness (QED) is 0.593. The summed E-state index contributed by atoms with van der Waals surface area (Å²) < 4.78 is 43.2. The van der Waals surface area contributed by atoms with Crippen molar-refractivity contribution in [2.45, 2.75) is 6.85 Å². The van der Waals surface area contributed by atoms with Crippen LogP contribution in [-0.4, -0.2) is 4.98 Å². The lowest BCUT2D eigenvalue weighted by atomic mass is 10.3. The minimum atomic E-state index is -2.51. The third-order valence-corrected chi connectivity index (χ3v) is 1.18. The van der Waals surface area contributed by atoms with E-state index in [1.54, 1.807) is 0 Å². The van der Waals surface area contributed by atoms with Gasteiger partial charge in [-0.05, 0) is 34.4 Å². The number of nitrogens with zero attached hydrogens (tertiary/aromatic N) is 1. The molecule has 0 fully saturated rings. The van der Waals surface area contributed by atoms with Gasteiger partial charge in [-0.3, -0.25) is 4.98 Å². The second-order valence-corrected chi connectivity index (χ2v) is 1.94. The van der Waals surface area contributed by atoms with Gasteiger partial charge in [0.05, 0.1) is 4.11 Å². The summed E-state index contributed by atoms with van der Waals surface area (Å²) in [4.78, 5) is 3.40. The molecule has 42 valence electrons.